The Kier molecular flexibility index (Phi) is 4.41. The van der Waals surface area contributed by atoms with Crippen LogP contribution in [-0.4, -0.2) is 40.1 Å². The largest absolute Gasteiger partial charge is 0.481 e. The number of piperidine rings is 1. The zero-order chi connectivity index (χ0) is 16.2. The Balaban J connectivity index is 1.63. The molecule has 2 aromatic rings. The number of likely N-dealkylation sites (tertiary alicyclic amines) is 1. The minimum Gasteiger partial charge on any atom is -0.481 e. The summed E-state index contributed by atoms with van der Waals surface area (Å²) >= 11 is 0. The second kappa shape index (κ2) is 6.64. The van der Waals surface area contributed by atoms with E-state index in [1.54, 1.807) is 11.0 Å². The van der Waals surface area contributed by atoms with E-state index in [1.165, 1.54) is 0 Å². The molecule has 120 valence electrons. The highest BCUT2D eigenvalue weighted by atomic mass is 16.5. The standard InChI is InChI=1S/C17H18N2O4/c20-16(21)10-12-6-8-19(9-7-12)17(22)15-11-14(18-23-15)13-4-2-1-3-5-13/h1-5,11-12H,6-10H2,(H,20,21). The third kappa shape index (κ3) is 3.59. The highest BCUT2D eigenvalue weighted by molar-refractivity contribution is 5.92. The molecule has 1 aromatic heterocycles. The third-order valence-electron chi connectivity index (χ3n) is 4.16. The van der Waals surface area contributed by atoms with Gasteiger partial charge < -0.3 is 14.5 Å². The van der Waals surface area contributed by atoms with E-state index in [0.717, 1.165) is 5.56 Å². The van der Waals surface area contributed by atoms with Gasteiger partial charge in [0.2, 0.25) is 5.76 Å². The molecule has 0 saturated carbocycles. The molecule has 3 rings (SSSR count). The zero-order valence-electron chi connectivity index (χ0n) is 12.6. The smallest absolute Gasteiger partial charge is 0.303 e. The van der Waals surface area contributed by atoms with E-state index in [2.05, 4.69) is 5.16 Å². The monoisotopic (exact) mass is 314 g/mol. The second-order valence-corrected chi connectivity index (χ2v) is 5.78. The van der Waals surface area contributed by atoms with Crippen molar-refractivity contribution in [3.8, 4) is 11.3 Å². The molecule has 0 bridgehead atoms. The van der Waals surface area contributed by atoms with Crippen LogP contribution < -0.4 is 0 Å². The van der Waals surface area contributed by atoms with Crippen molar-refractivity contribution in [3.63, 3.8) is 0 Å². The fourth-order valence-electron chi connectivity index (χ4n) is 2.86. The Labute approximate surface area is 133 Å². The summed E-state index contributed by atoms with van der Waals surface area (Å²) in [4.78, 5) is 24.9. The number of carboxylic acid groups (broad SMARTS) is 1. The van der Waals surface area contributed by atoms with Crippen LogP contribution in [0.25, 0.3) is 11.3 Å². The minimum absolute atomic E-state index is 0.145. The van der Waals surface area contributed by atoms with Gasteiger partial charge in [-0.2, -0.15) is 0 Å². The molecule has 1 saturated heterocycles. The lowest BCUT2D eigenvalue weighted by atomic mass is 9.93. The van der Waals surface area contributed by atoms with Gasteiger partial charge in [0, 0.05) is 31.1 Å². The van der Waals surface area contributed by atoms with Gasteiger partial charge in [0.15, 0.2) is 0 Å². The highest BCUT2D eigenvalue weighted by Gasteiger charge is 2.27. The maximum absolute atomic E-state index is 12.4. The summed E-state index contributed by atoms with van der Waals surface area (Å²) in [7, 11) is 0. The number of nitrogens with zero attached hydrogens (tertiary/aromatic N) is 2. The van der Waals surface area contributed by atoms with Crippen molar-refractivity contribution in [1.29, 1.82) is 0 Å². The molecule has 1 aliphatic rings. The zero-order valence-corrected chi connectivity index (χ0v) is 12.6. The predicted octanol–water partition coefficient (Wildman–Crippen LogP) is 2.67. The van der Waals surface area contributed by atoms with E-state index in [-0.39, 0.29) is 24.0 Å². The topological polar surface area (TPSA) is 83.6 Å². The first kappa shape index (κ1) is 15.3. The number of carboxylic acids is 1. The molecule has 0 unspecified atom stereocenters. The average Bonchev–Trinajstić information content (AvgIpc) is 3.05. The lowest BCUT2D eigenvalue weighted by molar-refractivity contribution is -0.138. The summed E-state index contributed by atoms with van der Waals surface area (Å²) in [6.45, 7) is 1.11. The fourth-order valence-corrected chi connectivity index (χ4v) is 2.86. The molecule has 2 heterocycles. The highest BCUT2D eigenvalue weighted by Crippen LogP contribution is 2.23. The number of hydrogen-bond donors (Lipinski definition) is 1. The van der Waals surface area contributed by atoms with Crippen molar-refractivity contribution in [2.24, 2.45) is 5.92 Å². The van der Waals surface area contributed by atoms with Crippen molar-refractivity contribution in [3.05, 3.63) is 42.2 Å². The first-order valence-corrected chi connectivity index (χ1v) is 7.66. The quantitative estimate of drug-likeness (QED) is 0.938. The Morgan fingerprint density at radius 3 is 2.57 bits per heavy atom. The van der Waals surface area contributed by atoms with E-state index < -0.39 is 5.97 Å². The fraction of sp³-hybridized carbons (Fsp3) is 0.353. The maximum atomic E-state index is 12.4. The molecular formula is C17H18N2O4. The molecule has 6 nitrogen and oxygen atoms in total. The van der Waals surface area contributed by atoms with Crippen LogP contribution in [-0.2, 0) is 4.79 Å². The number of rotatable bonds is 4. The Bertz CT molecular complexity index is 688. The van der Waals surface area contributed by atoms with Gasteiger partial charge in [0.25, 0.3) is 5.91 Å². The number of aromatic nitrogens is 1. The number of hydrogen-bond acceptors (Lipinski definition) is 4. The molecule has 1 N–H and O–H groups in total. The van der Waals surface area contributed by atoms with E-state index in [1.807, 2.05) is 30.3 Å². The van der Waals surface area contributed by atoms with Crippen LogP contribution in [0.2, 0.25) is 0 Å². The van der Waals surface area contributed by atoms with Gasteiger partial charge >= 0.3 is 5.97 Å². The normalized spacial score (nSPS) is 15.6. The molecule has 1 amide bonds. The van der Waals surface area contributed by atoms with Crippen LogP contribution in [0.15, 0.2) is 40.9 Å². The summed E-state index contributed by atoms with van der Waals surface area (Å²) in [6.07, 6.45) is 1.58. The summed E-state index contributed by atoms with van der Waals surface area (Å²) in [5.41, 5.74) is 1.53. The Morgan fingerprint density at radius 1 is 1.22 bits per heavy atom. The molecule has 0 radical (unpaired) electrons. The van der Waals surface area contributed by atoms with Crippen LogP contribution in [0.3, 0.4) is 0 Å². The molecule has 0 atom stereocenters. The van der Waals surface area contributed by atoms with Gasteiger partial charge in [-0.05, 0) is 18.8 Å². The number of aliphatic carboxylic acids is 1. The van der Waals surface area contributed by atoms with Gasteiger partial charge in [-0.1, -0.05) is 35.5 Å². The molecule has 1 aromatic carbocycles. The van der Waals surface area contributed by atoms with Crippen LogP contribution in [0.4, 0.5) is 0 Å². The van der Waals surface area contributed by atoms with E-state index >= 15 is 0 Å². The molecule has 6 heteroatoms. The van der Waals surface area contributed by atoms with Crippen LogP contribution in [0.5, 0.6) is 0 Å². The Hall–Kier alpha value is -2.63. The van der Waals surface area contributed by atoms with E-state index in [9.17, 15) is 9.59 Å². The first-order chi connectivity index (χ1) is 11.1. The van der Waals surface area contributed by atoms with Crippen molar-refractivity contribution in [1.82, 2.24) is 10.1 Å². The van der Waals surface area contributed by atoms with Crippen molar-refractivity contribution >= 4 is 11.9 Å². The van der Waals surface area contributed by atoms with E-state index in [4.69, 9.17) is 9.63 Å². The molecule has 0 spiro atoms. The van der Waals surface area contributed by atoms with Crippen molar-refractivity contribution < 1.29 is 19.2 Å². The molecular weight excluding hydrogens is 296 g/mol. The number of carbonyl (C=O) groups excluding carboxylic acids is 1. The Morgan fingerprint density at radius 2 is 1.91 bits per heavy atom. The number of carbonyl (C=O) groups is 2. The van der Waals surface area contributed by atoms with Crippen LogP contribution in [0, 0.1) is 5.92 Å². The van der Waals surface area contributed by atoms with Gasteiger partial charge in [-0.25, -0.2) is 0 Å². The summed E-state index contributed by atoms with van der Waals surface area (Å²) in [5.74, 6) is -0.599. The molecule has 0 aliphatic carbocycles. The van der Waals surface area contributed by atoms with Crippen molar-refractivity contribution in [2.75, 3.05) is 13.1 Å². The predicted molar refractivity (Wildman–Crippen MR) is 82.8 cm³/mol. The number of amides is 1. The summed E-state index contributed by atoms with van der Waals surface area (Å²) in [6, 6.07) is 11.2. The average molecular weight is 314 g/mol. The molecule has 1 fully saturated rings. The SMILES string of the molecule is O=C(O)CC1CCN(C(=O)c2cc(-c3ccccc3)no2)CC1. The first-order valence-electron chi connectivity index (χ1n) is 7.66. The lowest BCUT2D eigenvalue weighted by Gasteiger charge is -2.30. The van der Waals surface area contributed by atoms with Gasteiger partial charge in [0.05, 0.1) is 0 Å². The number of benzene rings is 1. The maximum Gasteiger partial charge on any atom is 0.303 e. The summed E-state index contributed by atoms with van der Waals surface area (Å²) in [5, 5.41) is 12.8. The lowest BCUT2D eigenvalue weighted by Crippen LogP contribution is -2.38. The molecule has 1 aliphatic heterocycles. The minimum atomic E-state index is -0.780. The van der Waals surface area contributed by atoms with Crippen LogP contribution in [0.1, 0.15) is 29.8 Å². The summed E-state index contributed by atoms with van der Waals surface area (Å²) < 4.78 is 5.19. The van der Waals surface area contributed by atoms with Gasteiger partial charge in [-0.3, -0.25) is 9.59 Å². The molecule has 23 heavy (non-hydrogen) atoms. The van der Waals surface area contributed by atoms with Gasteiger partial charge in [0.1, 0.15) is 5.69 Å². The van der Waals surface area contributed by atoms with Gasteiger partial charge in [-0.15, -0.1) is 0 Å². The van der Waals surface area contributed by atoms with Crippen LogP contribution >= 0.6 is 0 Å². The third-order valence-corrected chi connectivity index (χ3v) is 4.16. The van der Waals surface area contributed by atoms with Crippen molar-refractivity contribution in [2.45, 2.75) is 19.3 Å². The second-order valence-electron chi connectivity index (χ2n) is 5.78. The van der Waals surface area contributed by atoms with E-state index in [0.29, 0.717) is 31.6 Å².